The summed E-state index contributed by atoms with van der Waals surface area (Å²) in [4.78, 5) is 2.59. The van der Waals surface area contributed by atoms with Gasteiger partial charge in [0.1, 0.15) is 0 Å². The standard InChI is InChI=1S/C11H21NO/c1-11(13)6-8-12(9-7-11)10-4-2-3-5-10/h10,13H,2-9H2,1H3. The van der Waals surface area contributed by atoms with Crippen molar-refractivity contribution in [2.45, 2.75) is 57.1 Å². The highest BCUT2D eigenvalue weighted by molar-refractivity contribution is 4.86. The van der Waals surface area contributed by atoms with Crippen molar-refractivity contribution >= 4 is 0 Å². The third-order valence-electron chi connectivity index (χ3n) is 3.72. The average Bonchev–Trinajstić information content (AvgIpc) is 2.56. The number of rotatable bonds is 1. The molecule has 2 aliphatic rings. The summed E-state index contributed by atoms with van der Waals surface area (Å²) in [5.41, 5.74) is -0.380. The Morgan fingerprint density at radius 1 is 1.15 bits per heavy atom. The molecule has 1 saturated heterocycles. The van der Waals surface area contributed by atoms with Gasteiger partial charge < -0.3 is 10.0 Å². The SMILES string of the molecule is CC1(O)CCN(C2CCCC2)CC1. The van der Waals surface area contributed by atoms with Crippen LogP contribution in [0.2, 0.25) is 0 Å². The summed E-state index contributed by atoms with van der Waals surface area (Å²) in [6, 6.07) is 0.844. The van der Waals surface area contributed by atoms with Gasteiger partial charge in [0, 0.05) is 19.1 Å². The Morgan fingerprint density at radius 3 is 2.23 bits per heavy atom. The fourth-order valence-corrected chi connectivity index (χ4v) is 2.64. The van der Waals surface area contributed by atoms with Crippen LogP contribution < -0.4 is 0 Å². The highest BCUT2D eigenvalue weighted by Crippen LogP contribution is 2.29. The van der Waals surface area contributed by atoms with Crippen molar-refractivity contribution in [3.8, 4) is 0 Å². The molecule has 1 saturated carbocycles. The van der Waals surface area contributed by atoms with Gasteiger partial charge in [0.05, 0.1) is 5.60 Å². The van der Waals surface area contributed by atoms with E-state index >= 15 is 0 Å². The zero-order valence-corrected chi connectivity index (χ0v) is 8.63. The van der Waals surface area contributed by atoms with E-state index in [-0.39, 0.29) is 5.60 Å². The van der Waals surface area contributed by atoms with E-state index in [1.54, 1.807) is 0 Å². The molecule has 0 bridgehead atoms. The zero-order chi connectivity index (χ0) is 9.31. The van der Waals surface area contributed by atoms with Crippen LogP contribution in [0.1, 0.15) is 45.4 Å². The summed E-state index contributed by atoms with van der Waals surface area (Å²) in [5, 5.41) is 9.81. The normalized spacial score (nSPS) is 30.9. The Morgan fingerprint density at radius 2 is 1.69 bits per heavy atom. The number of piperidine rings is 1. The van der Waals surface area contributed by atoms with Crippen molar-refractivity contribution in [3.63, 3.8) is 0 Å². The van der Waals surface area contributed by atoms with Gasteiger partial charge >= 0.3 is 0 Å². The first kappa shape index (κ1) is 9.47. The Kier molecular flexibility index (Phi) is 2.61. The molecule has 0 radical (unpaired) electrons. The molecule has 0 aromatic heterocycles. The van der Waals surface area contributed by atoms with Gasteiger partial charge in [0.25, 0.3) is 0 Å². The Labute approximate surface area is 80.9 Å². The number of likely N-dealkylation sites (tertiary alicyclic amines) is 1. The van der Waals surface area contributed by atoms with Crippen molar-refractivity contribution in [2.75, 3.05) is 13.1 Å². The molecule has 1 N–H and O–H groups in total. The minimum atomic E-state index is -0.380. The van der Waals surface area contributed by atoms with Crippen LogP contribution in [-0.4, -0.2) is 34.7 Å². The van der Waals surface area contributed by atoms with E-state index in [0.717, 1.165) is 32.0 Å². The van der Waals surface area contributed by atoms with Crippen molar-refractivity contribution in [3.05, 3.63) is 0 Å². The highest BCUT2D eigenvalue weighted by atomic mass is 16.3. The molecule has 0 amide bonds. The molecule has 2 heteroatoms. The fourth-order valence-electron chi connectivity index (χ4n) is 2.64. The lowest BCUT2D eigenvalue weighted by Gasteiger charge is -2.39. The van der Waals surface area contributed by atoms with Crippen LogP contribution >= 0.6 is 0 Å². The quantitative estimate of drug-likeness (QED) is 0.670. The van der Waals surface area contributed by atoms with Crippen molar-refractivity contribution in [2.24, 2.45) is 0 Å². The molecule has 13 heavy (non-hydrogen) atoms. The zero-order valence-electron chi connectivity index (χ0n) is 8.63. The molecule has 76 valence electrons. The Balaban J connectivity index is 1.83. The molecule has 0 spiro atoms. The van der Waals surface area contributed by atoms with Crippen molar-refractivity contribution < 1.29 is 5.11 Å². The molecule has 1 aliphatic carbocycles. The second-order valence-corrected chi connectivity index (χ2v) is 4.97. The van der Waals surface area contributed by atoms with E-state index in [1.165, 1.54) is 25.7 Å². The maximum absolute atomic E-state index is 9.81. The van der Waals surface area contributed by atoms with E-state index in [4.69, 9.17) is 0 Å². The predicted molar refractivity (Wildman–Crippen MR) is 53.7 cm³/mol. The summed E-state index contributed by atoms with van der Waals surface area (Å²) in [6.07, 6.45) is 7.53. The third kappa shape index (κ3) is 2.23. The van der Waals surface area contributed by atoms with E-state index in [9.17, 15) is 5.11 Å². The molecule has 0 aromatic carbocycles. The van der Waals surface area contributed by atoms with Crippen molar-refractivity contribution in [1.82, 2.24) is 4.90 Å². The number of aliphatic hydroxyl groups is 1. The van der Waals surface area contributed by atoms with Crippen LogP contribution in [0.5, 0.6) is 0 Å². The number of hydrogen-bond donors (Lipinski definition) is 1. The molecule has 2 fully saturated rings. The second-order valence-electron chi connectivity index (χ2n) is 4.97. The maximum Gasteiger partial charge on any atom is 0.0644 e. The van der Waals surface area contributed by atoms with Gasteiger partial charge in [-0.3, -0.25) is 0 Å². The minimum Gasteiger partial charge on any atom is -0.390 e. The molecule has 1 aliphatic heterocycles. The first-order valence-electron chi connectivity index (χ1n) is 5.64. The first-order chi connectivity index (χ1) is 6.17. The Hall–Kier alpha value is -0.0800. The molecule has 2 nitrogen and oxygen atoms in total. The maximum atomic E-state index is 9.81. The minimum absolute atomic E-state index is 0.380. The van der Waals surface area contributed by atoms with E-state index in [1.807, 2.05) is 6.92 Å². The summed E-state index contributed by atoms with van der Waals surface area (Å²) in [7, 11) is 0. The first-order valence-corrected chi connectivity index (χ1v) is 5.64. The second kappa shape index (κ2) is 3.58. The van der Waals surface area contributed by atoms with Crippen LogP contribution in [0.25, 0.3) is 0 Å². The third-order valence-corrected chi connectivity index (χ3v) is 3.72. The Bertz CT molecular complexity index is 163. The molecule has 1 heterocycles. The van der Waals surface area contributed by atoms with E-state index in [0.29, 0.717) is 0 Å². The molecular formula is C11H21NO. The van der Waals surface area contributed by atoms with Crippen LogP contribution in [0, 0.1) is 0 Å². The smallest absolute Gasteiger partial charge is 0.0644 e. The number of hydrogen-bond acceptors (Lipinski definition) is 2. The molecule has 0 atom stereocenters. The van der Waals surface area contributed by atoms with Crippen molar-refractivity contribution in [1.29, 1.82) is 0 Å². The lowest BCUT2D eigenvalue weighted by Crippen LogP contribution is -2.46. The fraction of sp³-hybridized carbons (Fsp3) is 1.00. The molecular weight excluding hydrogens is 162 g/mol. The highest BCUT2D eigenvalue weighted by Gasteiger charge is 2.31. The topological polar surface area (TPSA) is 23.5 Å². The van der Waals surface area contributed by atoms with Gasteiger partial charge in [0.2, 0.25) is 0 Å². The largest absolute Gasteiger partial charge is 0.390 e. The van der Waals surface area contributed by atoms with Gasteiger partial charge in [-0.15, -0.1) is 0 Å². The van der Waals surface area contributed by atoms with Gasteiger partial charge in [0.15, 0.2) is 0 Å². The predicted octanol–water partition coefficient (Wildman–Crippen LogP) is 1.78. The molecule has 0 aromatic rings. The van der Waals surface area contributed by atoms with Gasteiger partial charge in [-0.05, 0) is 32.6 Å². The van der Waals surface area contributed by atoms with Gasteiger partial charge in [-0.25, -0.2) is 0 Å². The molecule has 0 unspecified atom stereocenters. The summed E-state index contributed by atoms with van der Waals surface area (Å²) in [5.74, 6) is 0. The average molecular weight is 183 g/mol. The van der Waals surface area contributed by atoms with Crippen LogP contribution in [0.3, 0.4) is 0 Å². The summed E-state index contributed by atoms with van der Waals surface area (Å²) in [6.45, 7) is 4.19. The van der Waals surface area contributed by atoms with Gasteiger partial charge in [-0.2, -0.15) is 0 Å². The number of nitrogens with zero attached hydrogens (tertiary/aromatic N) is 1. The lowest BCUT2D eigenvalue weighted by molar-refractivity contribution is -0.0157. The van der Waals surface area contributed by atoms with E-state index in [2.05, 4.69) is 4.90 Å². The van der Waals surface area contributed by atoms with Crippen LogP contribution in [-0.2, 0) is 0 Å². The van der Waals surface area contributed by atoms with E-state index < -0.39 is 0 Å². The molecule has 2 rings (SSSR count). The van der Waals surface area contributed by atoms with Gasteiger partial charge in [-0.1, -0.05) is 12.8 Å². The monoisotopic (exact) mass is 183 g/mol. The van der Waals surface area contributed by atoms with Crippen LogP contribution in [0.4, 0.5) is 0 Å². The summed E-state index contributed by atoms with van der Waals surface area (Å²) >= 11 is 0. The lowest BCUT2D eigenvalue weighted by atomic mass is 9.93. The van der Waals surface area contributed by atoms with Crippen LogP contribution in [0.15, 0.2) is 0 Å². The summed E-state index contributed by atoms with van der Waals surface area (Å²) < 4.78 is 0.